The van der Waals surface area contributed by atoms with Crippen LogP contribution < -0.4 is 0 Å². The number of hydrogen-bond donors (Lipinski definition) is 0. The summed E-state index contributed by atoms with van der Waals surface area (Å²) in [5.41, 5.74) is 5.57. The lowest BCUT2D eigenvalue weighted by molar-refractivity contribution is -0.143. The molecule has 4 nitrogen and oxygen atoms in total. The summed E-state index contributed by atoms with van der Waals surface area (Å²) in [6, 6.07) is 16.0. The van der Waals surface area contributed by atoms with Crippen LogP contribution in [-0.4, -0.2) is 22.9 Å². The Hall–Kier alpha value is -2.88. The van der Waals surface area contributed by atoms with E-state index in [9.17, 15) is 9.59 Å². The number of benzene rings is 2. The predicted octanol–water partition coefficient (Wildman–Crippen LogP) is 5.05. The number of aryl methyl sites for hydroxylation is 2. The van der Waals surface area contributed by atoms with Crippen LogP contribution in [0, 0.1) is 13.8 Å². The number of ether oxygens (including phenoxy) is 1. The zero-order chi connectivity index (χ0) is 21.1. The minimum atomic E-state index is -0.342. The Kier molecular flexibility index (Phi) is 6.21. The van der Waals surface area contributed by atoms with Gasteiger partial charge in [-0.05, 0) is 51.3 Å². The van der Waals surface area contributed by atoms with Crippen LogP contribution in [0.2, 0.25) is 0 Å². The first kappa shape index (κ1) is 20.8. The zero-order valence-electron chi connectivity index (χ0n) is 17.9. The van der Waals surface area contributed by atoms with Gasteiger partial charge in [-0.2, -0.15) is 0 Å². The van der Waals surface area contributed by atoms with E-state index in [-0.39, 0.29) is 30.3 Å². The molecule has 1 unspecified atom stereocenters. The lowest BCUT2D eigenvalue weighted by Crippen LogP contribution is -2.38. The van der Waals surface area contributed by atoms with Crippen molar-refractivity contribution in [3.05, 3.63) is 82.1 Å². The third-order valence-electron chi connectivity index (χ3n) is 5.46. The fourth-order valence-corrected chi connectivity index (χ4v) is 3.79. The number of nitrogens with zero attached hydrogens (tertiary/aromatic N) is 1. The topological polar surface area (TPSA) is 46.6 Å². The van der Waals surface area contributed by atoms with Crippen LogP contribution >= 0.6 is 0 Å². The molecule has 4 heteroatoms. The molecule has 1 atom stereocenters. The Bertz CT molecular complexity index is 941. The molecule has 29 heavy (non-hydrogen) atoms. The minimum Gasteiger partial charge on any atom is -0.460 e. The summed E-state index contributed by atoms with van der Waals surface area (Å²) < 4.78 is 5.56. The van der Waals surface area contributed by atoms with E-state index in [4.69, 9.17) is 4.74 Å². The molecule has 1 aliphatic heterocycles. The zero-order valence-corrected chi connectivity index (χ0v) is 17.9. The fourth-order valence-electron chi connectivity index (χ4n) is 3.79. The van der Waals surface area contributed by atoms with Gasteiger partial charge in [0.1, 0.15) is 0 Å². The molecular weight excluding hydrogens is 362 g/mol. The number of carbonyl (C=O) groups is 2. The van der Waals surface area contributed by atoms with Crippen LogP contribution in [0.4, 0.5) is 0 Å². The second-order valence-corrected chi connectivity index (χ2v) is 8.03. The molecule has 0 radical (unpaired) electrons. The molecule has 0 spiro atoms. The van der Waals surface area contributed by atoms with Crippen molar-refractivity contribution in [3.63, 3.8) is 0 Å². The van der Waals surface area contributed by atoms with Gasteiger partial charge in [-0.1, -0.05) is 54.1 Å². The standard InChI is InChI=1S/C25H29NO3/c1-16(2)29-25(28)24-19(5)26(15-21-9-7-6-8-18(21)4)23(27)14-22(24)20-12-10-17(3)11-13-20/h6-13,16,22H,14-15H2,1-5H3. The monoisotopic (exact) mass is 391 g/mol. The van der Waals surface area contributed by atoms with Gasteiger partial charge in [0, 0.05) is 18.0 Å². The third kappa shape index (κ3) is 4.58. The summed E-state index contributed by atoms with van der Waals surface area (Å²) >= 11 is 0. The largest absolute Gasteiger partial charge is 0.460 e. The third-order valence-corrected chi connectivity index (χ3v) is 5.46. The van der Waals surface area contributed by atoms with Crippen molar-refractivity contribution in [1.29, 1.82) is 0 Å². The summed E-state index contributed by atoms with van der Waals surface area (Å²) in [5, 5.41) is 0. The maximum absolute atomic E-state index is 13.1. The summed E-state index contributed by atoms with van der Waals surface area (Å²) in [6.45, 7) is 10.0. The number of carbonyl (C=O) groups excluding carboxylic acids is 2. The van der Waals surface area contributed by atoms with E-state index in [1.807, 2.05) is 83.1 Å². The van der Waals surface area contributed by atoms with Crippen molar-refractivity contribution in [2.45, 2.75) is 59.6 Å². The molecular formula is C25H29NO3. The van der Waals surface area contributed by atoms with E-state index in [0.29, 0.717) is 17.8 Å². The van der Waals surface area contributed by atoms with Gasteiger partial charge in [0.2, 0.25) is 5.91 Å². The van der Waals surface area contributed by atoms with Gasteiger partial charge in [-0.15, -0.1) is 0 Å². The van der Waals surface area contributed by atoms with Crippen molar-refractivity contribution in [2.75, 3.05) is 0 Å². The summed E-state index contributed by atoms with van der Waals surface area (Å²) in [6.07, 6.45) is 0.0401. The van der Waals surface area contributed by atoms with Crippen LogP contribution in [0.15, 0.2) is 59.8 Å². The maximum atomic E-state index is 13.1. The van der Waals surface area contributed by atoms with Crippen LogP contribution in [0.5, 0.6) is 0 Å². The van der Waals surface area contributed by atoms with Crippen LogP contribution in [0.3, 0.4) is 0 Å². The predicted molar refractivity (Wildman–Crippen MR) is 114 cm³/mol. The molecule has 3 rings (SSSR count). The highest BCUT2D eigenvalue weighted by molar-refractivity contribution is 5.96. The van der Waals surface area contributed by atoms with Crippen molar-refractivity contribution >= 4 is 11.9 Å². The van der Waals surface area contributed by atoms with Crippen molar-refractivity contribution in [2.24, 2.45) is 0 Å². The quantitative estimate of drug-likeness (QED) is 0.671. The first-order chi connectivity index (χ1) is 13.8. The van der Waals surface area contributed by atoms with Crippen molar-refractivity contribution < 1.29 is 14.3 Å². The van der Waals surface area contributed by atoms with Gasteiger partial charge in [-0.25, -0.2) is 4.79 Å². The number of allylic oxidation sites excluding steroid dienone is 1. The first-order valence-electron chi connectivity index (χ1n) is 10.1. The minimum absolute atomic E-state index is 0.0254. The smallest absolute Gasteiger partial charge is 0.336 e. The molecule has 1 aliphatic rings. The van der Waals surface area contributed by atoms with Gasteiger partial charge < -0.3 is 9.64 Å². The van der Waals surface area contributed by atoms with E-state index in [1.165, 1.54) is 0 Å². The molecule has 1 amide bonds. The second-order valence-electron chi connectivity index (χ2n) is 8.03. The second kappa shape index (κ2) is 8.64. The maximum Gasteiger partial charge on any atom is 0.336 e. The van der Waals surface area contributed by atoms with E-state index in [2.05, 4.69) is 0 Å². The average Bonchev–Trinajstić information content (AvgIpc) is 2.66. The molecule has 0 saturated carbocycles. The molecule has 1 heterocycles. The molecule has 0 saturated heterocycles. The van der Waals surface area contributed by atoms with Gasteiger partial charge in [0.15, 0.2) is 0 Å². The Labute approximate surface area is 173 Å². The van der Waals surface area contributed by atoms with Gasteiger partial charge in [0.05, 0.1) is 18.2 Å². The molecule has 0 aliphatic carbocycles. The summed E-state index contributed by atoms with van der Waals surface area (Å²) in [5.74, 6) is -0.606. The molecule has 0 bridgehead atoms. The first-order valence-corrected chi connectivity index (χ1v) is 10.1. The van der Waals surface area contributed by atoms with Crippen LogP contribution in [0.25, 0.3) is 0 Å². The number of hydrogen-bond acceptors (Lipinski definition) is 3. The number of amides is 1. The molecule has 0 aromatic heterocycles. The lowest BCUT2D eigenvalue weighted by Gasteiger charge is -2.35. The molecule has 0 N–H and O–H groups in total. The molecule has 0 fully saturated rings. The van der Waals surface area contributed by atoms with Crippen LogP contribution in [0.1, 0.15) is 55.4 Å². The Balaban J connectivity index is 2.04. The highest BCUT2D eigenvalue weighted by Gasteiger charge is 2.37. The van der Waals surface area contributed by atoms with E-state index >= 15 is 0 Å². The molecule has 152 valence electrons. The van der Waals surface area contributed by atoms with Crippen molar-refractivity contribution in [1.82, 2.24) is 4.90 Å². The summed E-state index contributed by atoms with van der Waals surface area (Å²) in [7, 11) is 0. The lowest BCUT2D eigenvalue weighted by atomic mass is 9.83. The van der Waals surface area contributed by atoms with E-state index in [1.54, 1.807) is 4.90 Å². The van der Waals surface area contributed by atoms with Gasteiger partial charge >= 0.3 is 5.97 Å². The van der Waals surface area contributed by atoms with Gasteiger partial charge in [-0.3, -0.25) is 4.79 Å². The van der Waals surface area contributed by atoms with E-state index < -0.39 is 0 Å². The highest BCUT2D eigenvalue weighted by Crippen LogP contribution is 2.38. The number of esters is 1. The fraction of sp³-hybridized carbons (Fsp3) is 0.360. The van der Waals surface area contributed by atoms with Gasteiger partial charge in [0.25, 0.3) is 0 Å². The molecule has 2 aromatic carbocycles. The SMILES string of the molecule is CC1=C(C(=O)OC(C)C)C(c2ccc(C)cc2)CC(=O)N1Cc1ccccc1C. The number of rotatable bonds is 5. The van der Waals surface area contributed by atoms with Crippen molar-refractivity contribution in [3.8, 4) is 0 Å². The molecule has 2 aromatic rings. The van der Waals surface area contributed by atoms with Crippen LogP contribution in [-0.2, 0) is 20.9 Å². The van der Waals surface area contributed by atoms with E-state index in [0.717, 1.165) is 22.3 Å². The average molecular weight is 392 g/mol. The normalized spacial score (nSPS) is 17.1. The Morgan fingerprint density at radius 1 is 1.07 bits per heavy atom. The highest BCUT2D eigenvalue weighted by atomic mass is 16.5. The summed E-state index contributed by atoms with van der Waals surface area (Å²) in [4.78, 5) is 27.9. The Morgan fingerprint density at radius 3 is 2.34 bits per heavy atom. The Morgan fingerprint density at radius 2 is 1.72 bits per heavy atom.